The van der Waals surface area contributed by atoms with Gasteiger partial charge in [0.05, 0.1) is 0 Å². The van der Waals surface area contributed by atoms with Gasteiger partial charge in [-0.15, -0.1) is 11.8 Å². The molecule has 0 aromatic rings. The van der Waals surface area contributed by atoms with Gasteiger partial charge in [-0.2, -0.15) is 0 Å². The van der Waals surface area contributed by atoms with E-state index in [9.17, 15) is 4.79 Å². The van der Waals surface area contributed by atoms with Crippen LogP contribution in [0.15, 0.2) is 0 Å². The Balaban J connectivity index is 1.83. The second-order valence-electron chi connectivity index (χ2n) is 4.01. The third-order valence-corrected chi connectivity index (χ3v) is 4.35. The van der Waals surface area contributed by atoms with E-state index in [0.29, 0.717) is 0 Å². The molecule has 2 nitrogen and oxygen atoms in total. The van der Waals surface area contributed by atoms with Crippen molar-refractivity contribution in [1.82, 2.24) is 0 Å². The molecule has 1 saturated carbocycles. The van der Waals surface area contributed by atoms with Gasteiger partial charge in [-0.05, 0) is 19.8 Å². The van der Waals surface area contributed by atoms with Crippen molar-refractivity contribution in [1.29, 1.82) is 0 Å². The standard InChI is InChI=1S/C10H16O2S/c1-7-6-9(10(11)12-7)13-8-4-2-3-5-8/h7-9H,2-6H2,1H3. The molecule has 1 aliphatic carbocycles. The number of hydrogen-bond donors (Lipinski definition) is 0. The first-order valence-corrected chi connectivity index (χ1v) is 6.06. The maximum Gasteiger partial charge on any atom is 0.319 e. The van der Waals surface area contributed by atoms with Crippen LogP contribution >= 0.6 is 11.8 Å². The quantitative estimate of drug-likeness (QED) is 0.640. The lowest BCUT2D eigenvalue weighted by molar-refractivity contribution is -0.140. The Kier molecular flexibility index (Phi) is 2.82. The van der Waals surface area contributed by atoms with Crippen LogP contribution in [0.3, 0.4) is 0 Å². The van der Waals surface area contributed by atoms with Crippen LogP contribution in [0.1, 0.15) is 39.0 Å². The molecule has 0 amide bonds. The minimum Gasteiger partial charge on any atom is -0.462 e. The first-order chi connectivity index (χ1) is 6.25. The number of carbonyl (C=O) groups is 1. The highest BCUT2D eigenvalue weighted by molar-refractivity contribution is 8.01. The van der Waals surface area contributed by atoms with Gasteiger partial charge in [-0.1, -0.05) is 12.8 Å². The Morgan fingerprint density at radius 2 is 2.08 bits per heavy atom. The Labute approximate surface area is 83.4 Å². The summed E-state index contributed by atoms with van der Waals surface area (Å²) >= 11 is 1.85. The van der Waals surface area contributed by atoms with Crippen molar-refractivity contribution in [2.75, 3.05) is 0 Å². The van der Waals surface area contributed by atoms with E-state index >= 15 is 0 Å². The van der Waals surface area contributed by atoms with E-state index in [4.69, 9.17) is 4.74 Å². The number of cyclic esters (lactones) is 1. The highest BCUT2D eigenvalue weighted by Gasteiger charge is 2.34. The van der Waals surface area contributed by atoms with Crippen molar-refractivity contribution in [3.63, 3.8) is 0 Å². The topological polar surface area (TPSA) is 26.3 Å². The number of thioether (sulfide) groups is 1. The Morgan fingerprint density at radius 3 is 2.62 bits per heavy atom. The molecule has 0 spiro atoms. The summed E-state index contributed by atoms with van der Waals surface area (Å²) in [6.07, 6.45) is 6.33. The molecule has 0 bridgehead atoms. The van der Waals surface area contributed by atoms with Crippen molar-refractivity contribution in [2.45, 2.75) is 55.6 Å². The maximum absolute atomic E-state index is 11.3. The van der Waals surface area contributed by atoms with Gasteiger partial charge in [0.1, 0.15) is 11.4 Å². The van der Waals surface area contributed by atoms with Crippen LogP contribution in [0.25, 0.3) is 0 Å². The first-order valence-electron chi connectivity index (χ1n) is 5.11. The van der Waals surface area contributed by atoms with E-state index in [2.05, 4.69) is 0 Å². The van der Waals surface area contributed by atoms with E-state index in [1.165, 1.54) is 25.7 Å². The van der Waals surface area contributed by atoms with Gasteiger partial charge >= 0.3 is 5.97 Å². The number of rotatable bonds is 2. The minimum atomic E-state index is 0.0180. The Bertz CT molecular complexity index is 199. The molecule has 2 aliphatic rings. The van der Waals surface area contributed by atoms with E-state index in [0.717, 1.165) is 11.7 Å². The molecule has 1 aliphatic heterocycles. The fourth-order valence-corrected chi connectivity index (χ4v) is 3.71. The van der Waals surface area contributed by atoms with Crippen molar-refractivity contribution in [3.8, 4) is 0 Å². The molecular weight excluding hydrogens is 184 g/mol. The number of esters is 1. The predicted octanol–water partition coefficient (Wildman–Crippen LogP) is 2.37. The predicted molar refractivity (Wildman–Crippen MR) is 53.8 cm³/mol. The molecular formula is C10H16O2S. The molecule has 13 heavy (non-hydrogen) atoms. The summed E-state index contributed by atoms with van der Waals surface area (Å²) < 4.78 is 5.12. The molecule has 1 heterocycles. The van der Waals surface area contributed by atoms with Gasteiger partial charge in [-0.25, -0.2) is 0 Å². The highest BCUT2D eigenvalue weighted by Crippen LogP contribution is 2.36. The van der Waals surface area contributed by atoms with Crippen LogP contribution in [-0.4, -0.2) is 22.6 Å². The fraction of sp³-hybridized carbons (Fsp3) is 0.900. The average Bonchev–Trinajstić information content (AvgIpc) is 2.63. The molecule has 0 N–H and O–H groups in total. The molecule has 0 radical (unpaired) electrons. The molecule has 0 aromatic carbocycles. The molecule has 2 rings (SSSR count). The molecule has 2 atom stereocenters. The minimum absolute atomic E-state index is 0.0180. The zero-order chi connectivity index (χ0) is 9.26. The molecule has 3 heteroatoms. The van der Waals surface area contributed by atoms with Gasteiger partial charge in [-0.3, -0.25) is 4.79 Å². The molecule has 2 unspecified atom stereocenters. The van der Waals surface area contributed by atoms with E-state index in [-0.39, 0.29) is 17.3 Å². The van der Waals surface area contributed by atoms with Crippen molar-refractivity contribution in [2.24, 2.45) is 0 Å². The number of hydrogen-bond acceptors (Lipinski definition) is 3. The van der Waals surface area contributed by atoms with Crippen molar-refractivity contribution < 1.29 is 9.53 Å². The second kappa shape index (κ2) is 3.91. The van der Waals surface area contributed by atoms with Crippen molar-refractivity contribution >= 4 is 17.7 Å². The zero-order valence-electron chi connectivity index (χ0n) is 7.99. The largest absolute Gasteiger partial charge is 0.462 e. The number of carbonyl (C=O) groups excluding carboxylic acids is 1. The summed E-state index contributed by atoms with van der Waals surface area (Å²) in [4.78, 5) is 11.3. The fourth-order valence-electron chi connectivity index (χ4n) is 2.09. The summed E-state index contributed by atoms with van der Waals surface area (Å²) in [6, 6.07) is 0. The van der Waals surface area contributed by atoms with E-state index < -0.39 is 0 Å². The smallest absolute Gasteiger partial charge is 0.319 e. The Morgan fingerprint density at radius 1 is 1.38 bits per heavy atom. The SMILES string of the molecule is CC1CC(SC2CCCC2)C(=O)O1. The van der Waals surface area contributed by atoms with Crippen LogP contribution in [0, 0.1) is 0 Å². The third-order valence-electron chi connectivity index (χ3n) is 2.79. The lowest BCUT2D eigenvalue weighted by Gasteiger charge is -2.11. The second-order valence-corrected chi connectivity index (χ2v) is 5.52. The molecule has 1 saturated heterocycles. The van der Waals surface area contributed by atoms with Crippen molar-refractivity contribution in [3.05, 3.63) is 0 Å². The Hall–Kier alpha value is -0.180. The molecule has 2 fully saturated rings. The van der Waals surface area contributed by atoms with Gasteiger partial charge < -0.3 is 4.74 Å². The molecule has 74 valence electrons. The van der Waals surface area contributed by atoms with Crippen LogP contribution in [0.4, 0.5) is 0 Å². The van der Waals surface area contributed by atoms with Gasteiger partial charge in [0.2, 0.25) is 0 Å². The van der Waals surface area contributed by atoms with E-state index in [1.807, 2.05) is 18.7 Å². The lowest BCUT2D eigenvalue weighted by Crippen LogP contribution is -2.13. The normalized spacial score (nSPS) is 35.3. The maximum atomic E-state index is 11.3. The van der Waals surface area contributed by atoms with Crippen LogP contribution in [-0.2, 0) is 9.53 Å². The zero-order valence-corrected chi connectivity index (χ0v) is 8.81. The first kappa shape index (κ1) is 9.38. The van der Waals surface area contributed by atoms with Crippen LogP contribution in [0.5, 0.6) is 0 Å². The number of ether oxygens (including phenoxy) is 1. The summed E-state index contributed by atoms with van der Waals surface area (Å²) in [5.41, 5.74) is 0. The van der Waals surface area contributed by atoms with Gasteiger partial charge in [0.15, 0.2) is 0 Å². The summed E-state index contributed by atoms with van der Waals surface area (Å²) in [6.45, 7) is 1.98. The highest BCUT2D eigenvalue weighted by atomic mass is 32.2. The molecule has 0 aromatic heterocycles. The summed E-state index contributed by atoms with van der Waals surface area (Å²) in [7, 11) is 0. The average molecular weight is 200 g/mol. The van der Waals surface area contributed by atoms with Gasteiger partial charge in [0, 0.05) is 11.7 Å². The third kappa shape index (κ3) is 2.19. The summed E-state index contributed by atoms with van der Waals surface area (Å²) in [5, 5.41) is 0.862. The monoisotopic (exact) mass is 200 g/mol. The van der Waals surface area contributed by atoms with Crippen LogP contribution in [0.2, 0.25) is 0 Å². The van der Waals surface area contributed by atoms with Gasteiger partial charge in [0.25, 0.3) is 0 Å². The lowest BCUT2D eigenvalue weighted by atomic mass is 10.3. The van der Waals surface area contributed by atoms with E-state index in [1.54, 1.807) is 0 Å². The summed E-state index contributed by atoms with van der Waals surface area (Å²) in [5.74, 6) is 0.0180. The van der Waals surface area contributed by atoms with Crippen LogP contribution < -0.4 is 0 Å².